The van der Waals surface area contributed by atoms with Gasteiger partial charge >= 0.3 is 0 Å². The molecule has 0 saturated heterocycles. The highest BCUT2D eigenvalue weighted by molar-refractivity contribution is 4.90. The summed E-state index contributed by atoms with van der Waals surface area (Å²) in [6.07, 6.45) is 6.67. The van der Waals surface area contributed by atoms with E-state index >= 15 is 0 Å². The third-order valence-electron chi connectivity index (χ3n) is 5.19. The lowest BCUT2D eigenvalue weighted by molar-refractivity contribution is -0.0289. The molecule has 0 aromatic carbocycles. The van der Waals surface area contributed by atoms with Crippen LogP contribution < -0.4 is 5.32 Å². The van der Waals surface area contributed by atoms with E-state index in [1.165, 1.54) is 32.1 Å². The summed E-state index contributed by atoms with van der Waals surface area (Å²) in [5.74, 6) is 0.885. The van der Waals surface area contributed by atoms with Crippen molar-refractivity contribution in [1.29, 1.82) is 0 Å². The fourth-order valence-electron chi connectivity index (χ4n) is 3.58. The van der Waals surface area contributed by atoms with Gasteiger partial charge in [0.15, 0.2) is 0 Å². The minimum atomic E-state index is -0.0119. The summed E-state index contributed by atoms with van der Waals surface area (Å²) >= 11 is 0. The second-order valence-corrected chi connectivity index (χ2v) is 9.13. The van der Waals surface area contributed by atoms with Crippen molar-refractivity contribution >= 4 is 0 Å². The van der Waals surface area contributed by atoms with Gasteiger partial charge in [-0.15, -0.1) is 0 Å². The molecule has 21 heavy (non-hydrogen) atoms. The largest absolute Gasteiger partial charge is 0.376 e. The van der Waals surface area contributed by atoms with Gasteiger partial charge < -0.3 is 10.1 Å². The van der Waals surface area contributed by atoms with Crippen LogP contribution >= 0.6 is 0 Å². The van der Waals surface area contributed by atoms with Gasteiger partial charge in [-0.2, -0.15) is 0 Å². The molecule has 0 radical (unpaired) electrons. The monoisotopic (exact) mass is 297 g/mol. The van der Waals surface area contributed by atoms with E-state index in [-0.39, 0.29) is 5.60 Å². The summed E-state index contributed by atoms with van der Waals surface area (Å²) < 4.78 is 6.00. The zero-order chi connectivity index (χ0) is 16.1. The van der Waals surface area contributed by atoms with Crippen molar-refractivity contribution in [3.63, 3.8) is 0 Å². The summed E-state index contributed by atoms with van der Waals surface area (Å²) in [6, 6.07) is 0. The average molecular weight is 298 g/mol. The fraction of sp³-hybridized carbons (Fsp3) is 1.00. The second kappa shape index (κ2) is 7.46. The summed E-state index contributed by atoms with van der Waals surface area (Å²) in [5.41, 5.74) is 0.914. The highest BCUT2D eigenvalue weighted by atomic mass is 16.5. The van der Waals surface area contributed by atoms with Crippen molar-refractivity contribution in [3.05, 3.63) is 0 Å². The van der Waals surface area contributed by atoms with Crippen molar-refractivity contribution in [3.8, 4) is 0 Å². The summed E-state index contributed by atoms with van der Waals surface area (Å²) in [5, 5.41) is 3.60. The van der Waals surface area contributed by atoms with Crippen molar-refractivity contribution in [1.82, 2.24) is 5.32 Å². The molecular weight excluding hydrogens is 258 g/mol. The molecule has 1 aliphatic carbocycles. The van der Waals surface area contributed by atoms with Gasteiger partial charge in [-0.1, -0.05) is 27.7 Å². The highest BCUT2D eigenvalue weighted by Crippen LogP contribution is 2.46. The molecule has 1 N–H and O–H groups in total. The maximum absolute atomic E-state index is 6.00. The first-order valence-corrected chi connectivity index (χ1v) is 8.93. The number of hydrogen-bond donors (Lipinski definition) is 1. The zero-order valence-corrected chi connectivity index (χ0v) is 15.6. The van der Waals surface area contributed by atoms with Gasteiger partial charge in [0.2, 0.25) is 0 Å². The van der Waals surface area contributed by atoms with E-state index in [9.17, 15) is 0 Å². The van der Waals surface area contributed by atoms with Crippen LogP contribution in [-0.4, -0.2) is 25.3 Å². The summed E-state index contributed by atoms with van der Waals surface area (Å²) in [6.45, 7) is 19.0. The van der Waals surface area contributed by atoms with Crippen LogP contribution in [0.4, 0.5) is 0 Å². The molecule has 1 aliphatic rings. The van der Waals surface area contributed by atoms with Crippen LogP contribution in [0.1, 0.15) is 80.6 Å². The molecular formula is C19H39NO. The normalized spacial score (nSPS) is 27.9. The number of hydrogen-bond acceptors (Lipinski definition) is 2. The standard InChI is InChI=1S/C19H39NO/c1-8-20-15-19(13-14-21-18(5,6)7)11-9-16(10-12-19)17(2,3)4/h16,20H,8-15H2,1-7H3. The quantitative estimate of drug-likeness (QED) is 0.743. The smallest absolute Gasteiger partial charge is 0.0598 e. The number of ether oxygens (including phenoxy) is 1. The zero-order valence-electron chi connectivity index (χ0n) is 15.6. The first-order chi connectivity index (χ1) is 9.58. The maximum Gasteiger partial charge on any atom is 0.0598 e. The Morgan fingerprint density at radius 3 is 2.05 bits per heavy atom. The molecule has 1 saturated carbocycles. The molecule has 0 aromatic rings. The second-order valence-electron chi connectivity index (χ2n) is 9.13. The predicted molar refractivity (Wildman–Crippen MR) is 92.7 cm³/mol. The van der Waals surface area contributed by atoms with Crippen LogP contribution in [0.3, 0.4) is 0 Å². The van der Waals surface area contributed by atoms with E-state index in [1.54, 1.807) is 0 Å². The van der Waals surface area contributed by atoms with Crippen LogP contribution in [0.15, 0.2) is 0 Å². The molecule has 0 aliphatic heterocycles. The Kier molecular flexibility index (Phi) is 6.74. The average Bonchev–Trinajstić information content (AvgIpc) is 2.34. The van der Waals surface area contributed by atoms with Crippen molar-refractivity contribution in [2.45, 2.75) is 86.2 Å². The highest BCUT2D eigenvalue weighted by Gasteiger charge is 2.38. The van der Waals surface area contributed by atoms with E-state index in [1.807, 2.05) is 0 Å². The van der Waals surface area contributed by atoms with Crippen molar-refractivity contribution in [2.24, 2.45) is 16.7 Å². The molecule has 0 bridgehead atoms. The van der Waals surface area contributed by atoms with Crippen molar-refractivity contribution in [2.75, 3.05) is 19.7 Å². The van der Waals surface area contributed by atoms with Gasteiger partial charge in [0, 0.05) is 13.2 Å². The number of rotatable bonds is 6. The summed E-state index contributed by atoms with van der Waals surface area (Å²) in [4.78, 5) is 0. The van der Waals surface area contributed by atoms with E-state index in [2.05, 4.69) is 53.8 Å². The third kappa shape index (κ3) is 6.69. The molecule has 2 heteroatoms. The van der Waals surface area contributed by atoms with Crippen LogP contribution in [0.5, 0.6) is 0 Å². The van der Waals surface area contributed by atoms with Crippen molar-refractivity contribution < 1.29 is 4.74 Å². The Morgan fingerprint density at radius 2 is 1.62 bits per heavy atom. The van der Waals surface area contributed by atoms with Crippen LogP contribution in [0, 0.1) is 16.7 Å². The molecule has 2 nitrogen and oxygen atoms in total. The number of nitrogens with one attached hydrogen (secondary N) is 1. The molecule has 0 spiro atoms. The molecule has 1 fully saturated rings. The van der Waals surface area contributed by atoms with E-state index in [4.69, 9.17) is 4.74 Å². The van der Waals surface area contributed by atoms with E-state index in [0.717, 1.165) is 25.6 Å². The fourth-order valence-corrected chi connectivity index (χ4v) is 3.58. The lowest BCUT2D eigenvalue weighted by Crippen LogP contribution is -2.41. The lowest BCUT2D eigenvalue weighted by Gasteiger charge is -2.44. The molecule has 1 rings (SSSR count). The lowest BCUT2D eigenvalue weighted by atomic mass is 9.63. The maximum atomic E-state index is 6.00. The predicted octanol–water partition coefficient (Wildman–Crippen LogP) is 5.02. The van der Waals surface area contributed by atoms with Crippen LogP contribution in [0.2, 0.25) is 0 Å². The first-order valence-electron chi connectivity index (χ1n) is 8.93. The topological polar surface area (TPSA) is 21.3 Å². The van der Waals surface area contributed by atoms with Gasteiger partial charge in [0.25, 0.3) is 0 Å². The summed E-state index contributed by atoms with van der Waals surface area (Å²) in [7, 11) is 0. The Balaban J connectivity index is 2.56. The van der Waals surface area contributed by atoms with E-state index in [0.29, 0.717) is 10.8 Å². The Morgan fingerprint density at radius 1 is 1.05 bits per heavy atom. The Bertz CT molecular complexity index is 284. The Labute approximate surface area is 133 Å². The SMILES string of the molecule is CCNCC1(CCOC(C)(C)C)CCC(C(C)(C)C)CC1. The van der Waals surface area contributed by atoms with Gasteiger partial charge in [-0.25, -0.2) is 0 Å². The van der Waals surface area contributed by atoms with E-state index < -0.39 is 0 Å². The Hall–Kier alpha value is -0.0800. The first kappa shape index (κ1) is 19.0. The molecule has 0 heterocycles. The molecule has 0 aromatic heterocycles. The third-order valence-corrected chi connectivity index (χ3v) is 5.19. The molecule has 0 unspecified atom stereocenters. The van der Waals surface area contributed by atoms with Gasteiger partial charge in [-0.05, 0) is 76.2 Å². The minimum absolute atomic E-state index is 0.0119. The van der Waals surface area contributed by atoms with Crippen LogP contribution in [0.25, 0.3) is 0 Å². The van der Waals surface area contributed by atoms with Gasteiger partial charge in [-0.3, -0.25) is 0 Å². The van der Waals surface area contributed by atoms with Crippen LogP contribution in [-0.2, 0) is 4.74 Å². The molecule has 0 amide bonds. The van der Waals surface area contributed by atoms with Gasteiger partial charge in [0.1, 0.15) is 0 Å². The molecule has 126 valence electrons. The van der Waals surface area contributed by atoms with Gasteiger partial charge in [0.05, 0.1) is 5.60 Å². The molecule has 0 atom stereocenters. The minimum Gasteiger partial charge on any atom is -0.376 e.